The Bertz CT molecular complexity index is 296. The van der Waals surface area contributed by atoms with Gasteiger partial charge in [0.2, 0.25) is 0 Å². The third kappa shape index (κ3) is 6.26. The molecule has 1 unspecified atom stereocenters. The number of carboxylic acid groups (broad SMARTS) is 1. The SMILES string of the molecule is CC(C)CC(C)C=C(C(=O)O)C1CCCCCCC1. The van der Waals surface area contributed by atoms with Crippen molar-refractivity contribution < 1.29 is 9.90 Å². The summed E-state index contributed by atoms with van der Waals surface area (Å²) < 4.78 is 0. The molecule has 0 bridgehead atoms. The van der Waals surface area contributed by atoms with Gasteiger partial charge >= 0.3 is 5.97 Å². The summed E-state index contributed by atoms with van der Waals surface area (Å²) in [5.41, 5.74) is 0.690. The van der Waals surface area contributed by atoms with E-state index in [0.717, 1.165) is 19.3 Å². The Balaban J connectivity index is 2.73. The Labute approximate surface area is 118 Å². The first kappa shape index (κ1) is 16.3. The molecule has 0 aliphatic heterocycles. The van der Waals surface area contributed by atoms with Gasteiger partial charge < -0.3 is 5.11 Å². The second kappa shape index (κ2) is 8.39. The van der Waals surface area contributed by atoms with Crippen molar-refractivity contribution in [3.63, 3.8) is 0 Å². The number of aliphatic carboxylic acids is 1. The molecule has 1 aliphatic rings. The minimum absolute atomic E-state index is 0.285. The van der Waals surface area contributed by atoms with Gasteiger partial charge in [-0.15, -0.1) is 0 Å². The molecule has 0 saturated heterocycles. The summed E-state index contributed by atoms with van der Waals surface area (Å²) in [5.74, 6) is 0.587. The fraction of sp³-hybridized carbons (Fsp3) is 0.824. The van der Waals surface area contributed by atoms with Crippen LogP contribution >= 0.6 is 0 Å². The van der Waals surface area contributed by atoms with Gasteiger partial charge in [-0.2, -0.15) is 0 Å². The molecule has 110 valence electrons. The van der Waals surface area contributed by atoms with Crippen molar-refractivity contribution in [3.8, 4) is 0 Å². The maximum absolute atomic E-state index is 11.5. The van der Waals surface area contributed by atoms with Crippen LogP contribution in [0.15, 0.2) is 11.6 Å². The molecule has 0 aromatic heterocycles. The summed E-state index contributed by atoms with van der Waals surface area (Å²) in [6, 6.07) is 0. The van der Waals surface area contributed by atoms with E-state index in [1.165, 1.54) is 32.1 Å². The first-order valence-electron chi connectivity index (χ1n) is 7.95. The highest BCUT2D eigenvalue weighted by atomic mass is 16.4. The van der Waals surface area contributed by atoms with Crippen LogP contribution in [0.1, 0.15) is 72.1 Å². The lowest BCUT2D eigenvalue weighted by Crippen LogP contribution is -2.16. The highest BCUT2D eigenvalue weighted by Gasteiger charge is 2.22. The Hall–Kier alpha value is -0.790. The van der Waals surface area contributed by atoms with E-state index in [4.69, 9.17) is 0 Å². The molecule has 2 nitrogen and oxygen atoms in total. The van der Waals surface area contributed by atoms with Crippen molar-refractivity contribution in [1.29, 1.82) is 0 Å². The average molecular weight is 266 g/mol. The fourth-order valence-corrected chi connectivity index (χ4v) is 3.27. The first-order chi connectivity index (χ1) is 9.00. The largest absolute Gasteiger partial charge is 0.478 e. The number of rotatable bonds is 5. The molecule has 0 spiro atoms. The third-order valence-corrected chi connectivity index (χ3v) is 4.10. The van der Waals surface area contributed by atoms with E-state index >= 15 is 0 Å². The molecule has 1 atom stereocenters. The maximum atomic E-state index is 11.5. The van der Waals surface area contributed by atoms with Crippen LogP contribution in [0.25, 0.3) is 0 Å². The van der Waals surface area contributed by atoms with E-state index in [2.05, 4.69) is 20.8 Å². The molecular weight excluding hydrogens is 236 g/mol. The summed E-state index contributed by atoms with van der Waals surface area (Å²) in [7, 11) is 0. The van der Waals surface area contributed by atoms with Crippen LogP contribution in [0, 0.1) is 17.8 Å². The van der Waals surface area contributed by atoms with Gasteiger partial charge in [0.15, 0.2) is 0 Å². The number of hydrogen-bond donors (Lipinski definition) is 1. The smallest absolute Gasteiger partial charge is 0.331 e. The van der Waals surface area contributed by atoms with Crippen LogP contribution in [-0.4, -0.2) is 11.1 Å². The van der Waals surface area contributed by atoms with E-state index in [0.29, 0.717) is 17.4 Å². The molecule has 0 aromatic rings. The monoisotopic (exact) mass is 266 g/mol. The molecule has 0 heterocycles. The first-order valence-corrected chi connectivity index (χ1v) is 7.95. The van der Waals surface area contributed by atoms with Crippen molar-refractivity contribution in [2.45, 2.75) is 72.1 Å². The molecule has 19 heavy (non-hydrogen) atoms. The van der Waals surface area contributed by atoms with E-state index < -0.39 is 5.97 Å². The lowest BCUT2D eigenvalue weighted by atomic mass is 9.83. The lowest BCUT2D eigenvalue weighted by Gasteiger charge is -2.22. The molecule has 1 aliphatic carbocycles. The van der Waals surface area contributed by atoms with Gasteiger partial charge in [0.05, 0.1) is 0 Å². The predicted octanol–water partition coefficient (Wildman–Crippen LogP) is 5.04. The normalized spacial score (nSPS) is 20.9. The molecule has 1 saturated carbocycles. The molecule has 1 N–H and O–H groups in total. The van der Waals surface area contributed by atoms with E-state index in [-0.39, 0.29) is 5.92 Å². The van der Waals surface area contributed by atoms with Gasteiger partial charge in [-0.3, -0.25) is 0 Å². The van der Waals surface area contributed by atoms with Gasteiger partial charge in [0.1, 0.15) is 0 Å². The van der Waals surface area contributed by atoms with Crippen LogP contribution in [0.2, 0.25) is 0 Å². The zero-order chi connectivity index (χ0) is 14.3. The number of carbonyl (C=O) groups is 1. The second-order valence-corrected chi connectivity index (χ2v) is 6.58. The molecule has 2 heteroatoms. The van der Waals surface area contributed by atoms with Gasteiger partial charge in [0.25, 0.3) is 0 Å². The van der Waals surface area contributed by atoms with Crippen LogP contribution in [-0.2, 0) is 4.79 Å². The number of hydrogen-bond acceptors (Lipinski definition) is 1. The Morgan fingerprint density at radius 1 is 1.11 bits per heavy atom. The summed E-state index contributed by atoms with van der Waals surface area (Å²) >= 11 is 0. The topological polar surface area (TPSA) is 37.3 Å². The highest BCUT2D eigenvalue weighted by molar-refractivity contribution is 5.87. The molecule has 0 radical (unpaired) electrons. The zero-order valence-corrected chi connectivity index (χ0v) is 12.8. The fourth-order valence-electron chi connectivity index (χ4n) is 3.27. The zero-order valence-electron chi connectivity index (χ0n) is 12.8. The van der Waals surface area contributed by atoms with E-state index in [1.54, 1.807) is 0 Å². The standard InChI is InChI=1S/C17H30O2/c1-13(2)11-14(3)12-16(17(18)19)15-9-7-5-4-6-8-10-15/h12-15H,4-11H2,1-3H3,(H,18,19). The second-order valence-electron chi connectivity index (χ2n) is 6.58. The van der Waals surface area contributed by atoms with Gasteiger partial charge in [0, 0.05) is 5.57 Å². The summed E-state index contributed by atoms with van der Waals surface area (Å²) in [5, 5.41) is 9.50. The van der Waals surface area contributed by atoms with Crippen molar-refractivity contribution in [3.05, 3.63) is 11.6 Å². The van der Waals surface area contributed by atoms with Crippen molar-refractivity contribution in [2.24, 2.45) is 17.8 Å². The third-order valence-electron chi connectivity index (χ3n) is 4.10. The number of allylic oxidation sites excluding steroid dienone is 1. The lowest BCUT2D eigenvalue weighted by molar-refractivity contribution is -0.133. The van der Waals surface area contributed by atoms with Crippen LogP contribution < -0.4 is 0 Å². The van der Waals surface area contributed by atoms with Crippen LogP contribution in [0.5, 0.6) is 0 Å². The Morgan fingerprint density at radius 3 is 2.11 bits per heavy atom. The Kier molecular flexibility index (Phi) is 7.19. The number of carboxylic acids is 1. The summed E-state index contributed by atoms with van der Waals surface area (Å²) in [6.07, 6.45) is 11.5. The summed E-state index contributed by atoms with van der Waals surface area (Å²) in [6.45, 7) is 6.53. The van der Waals surface area contributed by atoms with E-state index in [9.17, 15) is 9.90 Å². The van der Waals surface area contributed by atoms with Gasteiger partial charge in [-0.25, -0.2) is 4.79 Å². The van der Waals surface area contributed by atoms with Gasteiger partial charge in [-0.05, 0) is 37.0 Å². The molecule has 0 aromatic carbocycles. The average Bonchev–Trinajstić information content (AvgIpc) is 2.24. The van der Waals surface area contributed by atoms with Crippen molar-refractivity contribution >= 4 is 5.97 Å². The van der Waals surface area contributed by atoms with Crippen LogP contribution in [0.3, 0.4) is 0 Å². The minimum atomic E-state index is -0.693. The van der Waals surface area contributed by atoms with Gasteiger partial charge in [-0.1, -0.05) is 59.0 Å². The Morgan fingerprint density at radius 2 is 1.63 bits per heavy atom. The minimum Gasteiger partial charge on any atom is -0.478 e. The van der Waals surface area contributed by atoms with Crippen molar-refractivity contribution in [2.75, 3.05) is 0 Å². The molecule has 1 fully saturated rings. The molecule has 0 amide bonds. The highest BCUT2D eigenvalue weighted by Crippen LogP contribution is 2.29. The van der Waals surface area contributed by atoms with Crippen molar-refractivity contribution in [1.82, 2.24) is 0 Å². The predicted molar refractivity (Wildman–Crippen MR) is 80.1 cm³/mol. The summed E-state index contributed by atoms with van der Waals surface area (Å²) in [4.78, 5) is 11.5. The van der Waals surface area contributed by atoms with E-state index in [1.807, 2.05) is 6.08 Å². The quantitative estimate of drug-likeness (QED) is 0.708. The molecule has 1 rings (SSSR count). The maximum Gasteiger partial charge on any atom is 0.331 e. The molecular formula is C17H30O2. The van der Waals surface area contributed by atoms with Crippen LogP contribution in [0.4, 0.5) is 0 Å².